The average Bonchev–Trinajstić information content (AvgIpc) is 3.29. The molecular weight excluding hydrogens is 354 g/mol. The van der Waals surface area contributed by atoms with Crippen molar-refractivity contribution in [3.63, 3.8) is 0 Å². The van der Waals surface area contributed by atoms with Gasteiger partial charge in [-0.1, -0.05) is 12.8 Å². The standard InChI is InChI=1S/C21H35N5S/c1-16-24-20(15-27-16)14-25-9-7-17(8-10-25)11-23-21(22-2)26-12-18-5-3-4-6-19(18)13-26/h15,17-19H,3-14H2,1-2H3,(H,22,23). The van der Waals surface area contributed by atoms with Gasteiger partial charge >= 0.3 is 0 Å². The molecule has 150 valence electrons. The molecule has 2 atom stereocenters. The number of hydrogen-bond donors (Lipinski definition) is 1. The summed E-state index contributed by atoms with van der Waals surface area (Å²) in [6, 6.07) is 0. The highest BCUT2D eigenvalue weighted by molar-refractivity contribution is 7.09. The Kier molecular flexibility index (Phi) is 6.33. The first-order valence-corrected chi connectivity index (χ1v) is 11.7. The Balaban J connectivity index is 1.20. The third-order valence-electron chi connectivity index (χ3n) is 6.80. The van der Waals surface area contributed by atoms with E-state index < -0.39 is 0 Å². The highest BCUT2D eigenvalue weighted by Gasteiger charge is 2.35. The maximum absolute atomic E-state index is 4.61. The Morgan fingerprint density at radius 1 is 1.19 bits per heavy atom. The Bertz CT molecular complexity index is 620. The van der Waals surface area contributed by atoms with Crippen LogP contribution in [-0.4, -0.2) is 60.5 Å². The van der Waals surface area contributed by atoms with Crippen molar-refractivity contribution in [3.8, 4) is 0 Å². The number of rotatable bonds is 4. The van der Waals surface area contributed by atoms with E-state index in [2.05, 4.69) is 37.4 Å². The predicted octanol–water partition coefficient (Wildman–Crippen LogP) is 3.36. The van der Waals surface area contributed by atoms with E-state index in [1.54, 1.807) is 11.3 Å². The Hall–Kier alpha value is -1.14. The second-order valence-electron chi connectivity index (χ2n) is 8.72. The Morgan fingerprint density at radius 3 is 2.48 bits per heavy atom. The van der Waals surface area contributed by atoms with Gasteiger partial charge in [-0.15, -0.1) is 11.3 Å². The van der Waals surface area contributed by atoms with Crippen molar-refractivity contribution in [2.75, 3.05) is 39.8 Å². The van der Waals surface area contributed by atoms with Crippen LogP contribution in [0.5, 0.6) is 0 Å². The fourth-order valence-electron chi connectivity index (χ4n) is 5.21. The first kappa shape index (κ1) is 19.2. The summed E-state index contributed by atoms with van der Waals surface area (Å²) >= 11 is 1.76. The topological polar surface area (TPSA) is 43.8 Å². The molecule has 3 fully saturated rings. The normalized spacial score (nSPS) is 27.8. The van der Waals surface area contributed by atoms with Crippen LogP contribution in [0.15, 0.2) is 10.4 Å². The van der Waals surface area contributed by atoms with E-state index in [1.807, 2.05) is 7.05 Å². The molecule has 0 amide bonds. The molecule has 0 radical (unpaired) electrons. The molecule has 5 nitrogen and oxygen atoms in total. The van der Waals surface area contributed by atoms with Gasteiger partial charge in [-0.2, -0.15) is 0 Å². The lowest BCUT2D eigenvalue weighted by Gasteiger charge is -2.32. The number of fused-ring (bicyclic) bond motifs is 1. The van der Waals surface area contributed by atoms with Gasteiger partial charge in [-0.05, 0) is 63.5 Å². The van der Waals surface area contributed by atoms with Crippen molar-refractivity contribution in [3.05, 3.63) is 16.1 Å². The number of aromatic nitrogens is 1. The summed E-state index contributed by atoms with van der Waals surface area (Å²) in [4.78, 5) is 14.3. The third-order valence-corrected chi connectivity index (χ3v) is 7.62. The monoisotopic (exact) mass is 389 g/mol. The van der Waals surface area contributed by atoms with Crippen LogP contribution in [0.25, 0.3) is 0 Å². The molecule has 0 spiro atoms. The average molecular weight is 390 g/mol. The third kappa shape index (κ3) is 4.83. The van der Waals surface area contributed by atoms with Gasteiger partial charge in [0.25, 0.3) is 0 Å². The maximum atomic E-state index is 4.61. The van der Waals surface area contributed by atoms with E-state index in [4.69, 9.17) is 0 Å². The van der Waals surface area contributed by atoms with Crippen LogP contribution in [0, 0.1) is 24.7 Å². The number of nitrogens with one attached hydrogen (secondary N) is 1. The molecule has 2 saturated heterocycles. The molecule has 1 aliphatic carbocycles. The largest absolute Gasteiger partial charge is 0.356 e. The maximum Gasteiger partial charge on any atom is 0.193 e. The highest BCUT2D eigenvalue weighted by Crippen LogP contribution is 2.36. The number of thiazole rings is 1. The van der Waals surface area contributed by atoms with E-state index in [0.29, 0.717) is 0 Å². The number of aryl methyl sites for hydroxylation is 1. The van der Waals surface area contributed by atoms with Crippen molar-refractivity contribution in [2.45, 2.75) is 52.0 Å². The van der Waals surface area contributed by atoms with Crippen LogP contribution < -0.4 is 5.32 Å². The molecule has 1 N–H and O–H groups in total. The molecule has 2 unspecified atom stereocenters. The highest BCUT2D eigenvalue weighted by atomic mass is 32.1. The van der Waals surface area contributed by atoms with Gasteiger partial charge in [0.2, 0.25) is 0 Å². The van der Waals surface area contributed by atoms with Gasteiger partial charge < -0.3 is 10.2 Å². The molecule has 1 aromatic heterocycles. The first-order chi connectivity index (χ1) is 13.2. The van der Waals surface area contributed by atoms with Gasteiger partial charge in [-0.3, -0.25) is 9.89 Å². The fraction of sp³-hybridized carbons (Fsp3) is 0.810. The van der Waals surface area contributed by atoms with Crippen LogP contribution in [-0.2, 0) is 6.54 Å². The lowest BCUT2D eigenvalue weighted by Crippen LogP contribution is -2.44. The van der Waals surface area contributed by atoms with E-state index in [0.717, 1.165) is 36.8 Å². The second-order valence-corrected chi connectivity index (χ2v) is 9.78. The van der Waals surface area contributed by atoms with E-state index >= 15 is 0 Å². The molecule has 3 heterocycles. The molecule has 6 heteroatoms. The molecule has 27 heavy (non-hydrogen) atoms. The molecular formula is C21H35N5S. The minimum atomic E-state index is 0.764. The summed E-state index contributed by atoms with van der Waals surface area (Å²) in [6.07, 6.45) is 8.27. The summed E-state index contributed by atoms with van der Waals surface area (Å²) in [7, 11) is 1.95. The smallest absolute Gasteiger partial charge is 0.193 e. The molecule has 1 saturated carbocycles. The van der Waals surface area contributed by atoms with E-state index in [1.165, 1.54) is 75.4 Å². The van der Waals surface area contributed by atoms with Crippen molar-refractivity contribution >= 4 is 17.3 Å². The van der Waals surface area contributed by atoms with E-state index in [-0.39, 0.29) is 0 Å². The quantitative estimate of drug-likeness (QED) is 0.633. The lowest BCUT2D eigenvalue weighted by atomic mass is 9.82. The minimum Gasteiger partial charge on any atom is -0.356 e. The number of likely N-dealkylation sites (tertiary alicyclic amines) is 2. The Labute approximate surface area is 168 Å². The molecule has 0 aromatic carbocycles. The van der Waals surface area contributed by atoms with E-state index in [9.17, 15) is 0 Å². The number of hydrogen-bond acceptors (Lipinski definition) is 4. The summed E-state index contributed by atoms with van der Waals surface area (Å²) < 4.78 is 0. The van der Waals surface area contributed by atoms with Gasteiger partial charge in [0, 0.05) is 38.6 Å². The predicted molar refractivity (Wildman–Crippen MR) is 113 cm³/mol. The number of aliphatic imine (C=N–C) groups is 1. The number of piperidine rings is 1. The summed E-state index contributed by atoms with van der Waals surface area (Å²) in [5.74, 6) is 3.73. The van der Waals surface area contributed by atoms with Crippen LogP contribution >= 0.6 is 11.3 Å². The first-order valence-electron chi connectivity index (χ1n) is 10.8. The zero-order valence-corrected chi connectivity index (χ0v) is 17.8. The van der Waals surface area contributed by atoms with Gasteiger partial charge in [0.05, 0.1) is 10.7 Å². The van der Waals surface area contributed by atoms with Crippen molar-refractivity contribution in [1.29, 1.82) is 0 Å². The van der Waals surface area contributed by atoms with Crippen molar-refractivity contribution in [2.24, 2.45) is 22.7 Å². The van der Waals surface area contributed by atoms with Crippen molar-refractivity contribution in [1.82, 2.24) is 20.1 Å². The van der Waals surface area contributed by atoms with Crippen LogP contribution in [0.3, 0.4) is 0 Å². The Morgan fingerprint density at radius 2 is 1.89 bits per heavy atom. The van der Waals surface area contributed by atoms with Crippen LogP contribution in [0.2, 0.25) is 0 Å². The lowest BCUT2D eigenvalue weighted by molar-refractivity contribution is 0.176. The molecule has 3 aliphatic rings. The summed E-state index contributed by atoms with van der Waals surface area (Å²) in [5, 5.41) is 7.09. The summed E-state index contributed by atoms with van der Waals surface area (Å²) in [6.45, 7) is 9.00. The number of nitrogens with zero attached hydrogens (tertiary/aromatic N) is 4. The molecule has 4 rings (SSSR count). The van der Waals surface area contributed by atoms with Crippen LogP contribution in [0.4, 0.5) is 0 Å². The van der Waals surface area contributed by atoms with Crippen LogP contribution in [0.1, 0.15) is 49.2 Å². The SMILES string of the molecule is CN=C(NCC1CCN(Cc2csc(C)n2)CC1)N1CC2CCCCC2C1. The molecule has 1 aromatic rings. The fourth-order valence-corrected chi connectivity index (χ4v) is 5.81. The van der Waals surface area contributed by atoms with Gasteiger partial charge in [0.15, 0.2) is 5.96 Å². The summed E-state index contributed by atoms with van der Waals surface area (Å²) in [5.41, 5.74) is 1.24. The van der Waals surface area contributed by atoms with Crippen molar-refractivity contribution < 1.29 is 0 Å². The zero-order chi connectivity index (χ0) is 18.6. The van der Waals surface area contributed by atoms with Gasteiger partial charge in [0.1, 0.15) is 0 Å². The van der Waals surface area contributed by atoms with Gasteiger partial charge in [-0.25, -0.2) is 4.98 Å². The molecule has 2 aliphatic heterocycles. The number of guanidine groups is 1. The zero-order valence-electron chi connectivity index (χ0n) is 17.0. The second kappa shape index (κ2) is 8.91. The minimum absolute atomic E-state index is 0.764. The molecule has 0 bridgehead atoms.